The van der Waals surface area contributed by atoms with Gasteiger partial charge in [-0.1, -0.05) is 0 Å². The molecule has 0 spiro atoms. The van der Waals surface area contributed by atoms with E-state index in [-0.39, 0.29) is 10.6 Å². The molecule has 0 radical (unpaired) electrons. The summed E-state index contributed by atoms with van der Waals surface area (Å²) in [6.45, 7) is 5.21. The number of fused-ring (bicyclic) bond motifs is 2. The van der Waals surface area contributed by atoms with Gasteiger partial charge in [0.1, 0.15) is 18.0 Å². The highest BCUT2D eigenvalue weighted by Crippen LogP contribution is 2.24. The van der Waals surface area contributed by atoms with Gasteiger partial charge in [0.2, 0.25) is 0 Å². The van der Waals surface area contributed by atoms with Gasteiger partial charge in [0.05, 0.1) is 10.4 Å². The Morgan fingerprint density at radius 1 is 1.00 bits per heavy atom. The molecular weight excluding hydrogens is 372 g/mol. The molecule has 4 heterocycles. The summed E-state index contributed by atoms with van der Waals surface area (Å²) in [4.78, 5) is 28.4. The number of benzene rings is 1. The van der Waals surface area contributed by atoms with Gasteiger partial charge in [0.15, 0.2) is 0 Å². The molecule has 1 saturated heterocycles. The topological polar surface area (TPSA) is 106 Å². The number of rotatable bonds is 3. The molecule has 0 unspecified atom stereocenters. The normalized spacial score (nSPS) is 14.7. The molecule has 1 aliphatic heterocycles. The lowest BCUT2D eigenvalue weighted by Gasteiger charge is -2.36. The smallest absolute Gasteiger partial charge is 0.270 e. The summed E-state index contributed by atoms with van der Waals surface area (Å²) in [5.41, 5.74) is 1.74. The van der Waals surface area contributed by atoms with Crippen LogP contribution in [-0.2, 0) is 0 Å². The summed E-state index contributed by atoms with van der Waals surface area (Å²) in [7, 11) is 0. The van der Waals surface area contributed by atoms with Crippen molar-refractivity contribution in [3.63, 3.8) is 0 Å². The molecule has 10 heteroatoms. The van der Waals surface area contributed by atoms with Crippen molar-refractivity contribution in [1.82, 2.24) is 24.6 Å². The van der Waals surface area contributed by atoms with Crippen LogP contribution in [0.4, 0.5) is 17.3 Å². The first-order valence-electron chi connectivity index (χ1n) is 9.31. The van der Waals surface area contributed by atoms with Crippen molar-refractivity contribution < 1.29 is 4.92 Å². The van der Waals surface area contributed by atoms with E-state index in [4.69, 9.17) is 4.98 Å². The molecule has 10 nitrogen and oxygen atoms in total. The third-order valence-electron chi connectivity index (χ3n) is 5.16. The Morgan fingerprint density at radius 3 is 2.59 bits per heavy atom. The van der Waals surface area contributed by atoms with Crippen LogP contribution in [0.3, 0.4) is 0 Å². The zero-order chi connectivity index (χ0) is 20.0. The van der Waals surface area contributed by atoms with E-state index in [1.54, 1.807) is 16.6 Å². The molecular formula is C19H18N8O2. The standard InChI is InChI=1S/C19H18N8O2/c1-13-10-18(26-19(22-13)20-12-21-26)25-8-6-24(7-9-25)17-5-2-14-11-15(27(28)29)3-4-16(14)23-17/h2-5,10-12H,6-9H2,1H3. The van der Waals surface area contributed by atoms with E-state index in [1.807, 2.05) is 25.1 Å². The maximum absolute atomic E-state index is 11.0. The summed E-state index contributed by atoms with van der Waals surface area (Å²) < 4.78 is 1.77. The Labute approximate surface area is 165 Å². The van der Waals surface area contributed by atoms with E-state index in [1.165, 1.54) is 12.4 Å². The molecule has 0 saturated carbocycles. The van der Waals surface area contributed by atoms with Crippen molar-refractivity contribution in [3.8, 4) is 0 Å². The first kappa shape index (κ1) is 17.3. The minimum absolute atomic E-state index is 0.0766. The Bertz CT molecular complexity index is 1230. The van der Waals surface area contributed by atoms with Crippen LogP contribution < -0.4 is 9.80 Å². The number of aryl methyl sites for hydroxylation is 1. The first-order valence-corrected chi connectivity index (χ1v) is 9.31. The zero-order valence-electron chi connectivity index (χ0n) is 15.8. The first-order chi connectivity index (χ1) is 14.1. The highest BCUT2D eigenvalue weighted by atomic mass is 16.6. The molecule has 0 amide bonds. The number of piperazine rings is 1. The Kier molecular flexibility index (Phi) is 3.97. The third-order valence-corrected chi connectivity index (χ3v) is 5.16. The third kappa shape index (κ3) is 3.08. The number of nitro benzene ring substituents is 1. The van der Waals surface area contributed by atoms with Crippen molar-refractivity contribution in [3.05, 3.63) is 58.5 Å². The number of nitrogens with zero attached hydrogens (tertiary/aromatic N) is 8. The van der Waals surface area contributed by atoms with Crippen molar-refractivity contribution in [2.75, 3.05) is 36.0 Å². The van der Waals surface area contributed by atoms with Crippen molar-refractivity contribution >= 4 is 34.0 Å². The number of non-ortho nitro benzene ring substituents is 1. The van der Waals surface area contributed by atoms with Gasteiger partial charge in [-0.25, -0.2) is 9.97 Å². The second-order valence-corrected chi connectivity index (χ2v) is 7.01. The summed E-state index contributed by atoms with van der Waals surface area (Å²) in [6.07, 6.45) is 1.52. The number of nitro groups is 1. The number of aromatic nitrogens is 5. The maximum atomic E-state index is 11.0. The van der Waals surface area contributed by atoms with Crippen molar-refractivity contribution in [2.24, 2.45) is 0 Å². The van der Waals surface area contributed by atoms with Crippen LogP contribution in [0, 0.1) is 17.0 Å². The molecule has 29 heavy (non-hydrogen) atoms. The lowest BCUT2D eigenvalue weighted by molar-refractivity contribution is -0.384. The fourth-order valence-electron chi connectivity index (χ4n) is 3.69. The van der Waals surface area contributed by atoms with E-state index >= 15 is 0 Å². The lowest BCUT2D eigenvalue weighted by atomic mass is 10.2. The summed E-state index contributed by atoms with van der Waals surface area (Å²) in [6, 6.07) is 10.6. The van der Waals surface area contributed by atoms with E-state index in [0.717, 1.165) is 54.4 Å². The average molecular weight is 390 g/mol. The highest BCUT2D eigenvalue weighted by molar-refractivity contribution is 5.82. The minimum Gasteiger partial charge on any atom is -0.353 e. The van der Waals surface area contributed by atoms with E-state index in [2.05, 4.69) is 24.9 Å². The van der Waals surface area contributed by atoms with Gasteiger partial charge < -0.3 is 9.80 Å². The van der Waals surface area contributed by atoms with Gasteiger partial charge >= 0.3 is 0 Å². The average Bonchev–Trinajstić information content (AvgIpc) is 3.21. The molecule has 1 aromatic carbocycles. The molecule has 4 aromatic rings. The number of pyridine rings is 1. The predicted octanol–water partition coefficient (Wildman–Crippen LogP) is 2.22. The molecule has 1 fully saturated rings. The summed E-state index contributed by atoms with van der Waals surface area (Å²) in [5.74, 6) is 2.47. The largest absolute Gasteiger partial charge is 0.353 e. The van der Waals surface area contributed by atoms with Crippen LogP contribution in [-0.4, -0.2) is 55.7 Å². The molecule has 0 bridgehead atoms. The van der Waals surface area contributed by atoms with Crippen LogP contribution in [0.2, 0.25) is 0 Å². The Hall–Kier alpha value is -3.82. The number of hydrogen-bond acceptors (Lipinski definition) is 8. The second-order valence-electron chi connectivity index (χ2n) is 7.01. The molecule has 5 rings (SSSR count). The van der Waals surface area contributed by atoms with Gasteiger partial charge in [-0.05, 0) is 25.1 Å². The molecule has 0 N–H and O–H groups in total. The second kappa shape index (κ2) is 6.66. The van der Waals surface area contributed by atoms with E-state index < -0.39 is 0 Å². The summed E-state index contributed by atoms with van der Waals surface area (Å²) in [5, 5.41) is 16.0. The van der Waals surface area contributed by atoms with E-state index in [9.17, 15) is 10.1 Å². The zero-order valence-corrected chi connectivity index (χ0v) is 15.8. The summed E-state index contributed by atoms with van der Waals surface area (Å²) >= 11 is 0. The highest BCUT2D eigenvalue weighted by Gasteiger charge is 2.21. The molecule has 3 aromatic heterocycles. The molecule has 0 aliphatic carbocycles. The molecule has 1 aliphatic rings. The molecule has 0 atom stereocenters. The quantitative estimate of drug-likeness (QED) is 0.387. The van der Waals surface area contributed by atoms with Gasteiger partial charge in [-0.2, -0.15) is 14.6 Å². The minimum atomic E-state index is -0.389. The van der Waals surface area contributed by atoms with Crippen molar-refractivity contribution in [1.29, 1.82) is 0 Å². The van der Waals surface area contributed by atoms with Crippen molar-refractivity contribution in [2.45, 2.75) is 6.92 Å². The number of anilines is 2. The lowest BCUT2D eigenvalue weighted by Crippen LogP contribution is -2.47. The van der Waals surface area contributed by atoms with E-state index in [0.29, 0.717) is 5.78 Å². The molecule has 146 valence electrons. The van der Waals surface area contributed by atoms with Gasteiger partial charge in [-0.3, -0.25) is 10.1 Å². The van der Waals surface area contributed by atoms with Crippen LogP contribution in [0.1, 0.15) is 5.69 Å². The van der Waals surface area contributed by atoms with Gasteiger partial charge in [-0.15, -0.1) is 0 Å². The monoisotopic (exact) mass is 390 g/mol. The van der Waals surface area contributed by atoms with Gasteiger partial charge in [0, 0.05) is 55.5 Å². The van der Waals surface area contributed by atoms with Crippen LogP contribution in [0.25, 0.3) is 16.7 Å². The SMILES string of the molecule is Cc1cc(N2CCN(c3ccc4cc([N+](=O)[O-])ccc4n3)CC2)n2ncnc2n1. The van der Waals surface area contributed by atoms with Crippen LogP contribution in [0.15, 0.2) is 42.7 Å². The predicted molar refractivity (Wildman–Crippen MR) is 108 cm³/mol. The van der Waals surface area contributed by atoms with Crippen LogP contribution >= 0.6 is 0 Å². The Balaban J connectivity index is 1.36. The van der Waals surface area contributed by atoms with Gasteiger partial charge in [0.25, 0.3) is 11.5 Å². The number of hydrogen-bond donors (Lipinski definition) is 0. The maximum Gasteiger partial charge on any atom is 0.270 e. The Morgan fingerprint density at radius 2 is 1.79 bits per heavy atom. The van der Waals surface area contributed by atoms with Crippen LogP contribution in [0.5, 0.6) is 0 Å². The fraction of sp³-hybridized carbons (Fsp3) is 0.263. The fourth-order valence-corrected chi connectivity index (χ4v) is 3.69.